The van der Waals surface area contributed by atoms with Crippen LogP contribution in [0.2, 0.25) is 0 Å². The molecule has 0 radical (unpaired) electrons. The Kier molecular flexibility index (Phi) is 8.01. The van der Waals surface area contributed by atoms with Crippen molar-refractivity contribution in [3.8, 4) is 0 Å². The summed E-state index contributed by atoms with van der Waals surface area (Å²) < 4.78 is 10.4. The summed E-state index contributed by atoms with van der Waals surface area (Å²) in [6.45, 7) is 10.5. The average molecular weight is 214 g/mol. The molecule has 88 valence electrons. The molecule has 0 aliphatic rings. The Balaban J connectivity index is 3.91. The van der Waals surface area contributed by atoms with Gasteiger partial charge in [0.2, 0.25) is 0 Å². The zero-order valence-electron chi connectivity index (χ0n) is 10.0. The molecule has 0 aromatic heterocycles. The molecule has 0 aromatic carbocycles. The van der Waals surface area contributed by atoms with E-state index in [-0.39, 0.29) is 5.97 Å². The third-order valence-corrected chi connectivity index (χ3v) is 1.95. The maximum atomic E-state index is 11.4. The molecule has 0 aliphatic heterocycles. The van der Waals surface area contributed by atoms with E-state index < -0.39 is 6.10 Å². The highest BCUT2D eigenvalue weighted by Gasteiger charge is 2.18. The van der Waals surface area contributed by atoms with Gasteiger partial charge in [-0.15, -0.1) is 6.58 Å². The highest BCUT2D eigenvalue weighted by Crippen LogP contribution is 2.07. The summed E-state index contributed by atoms with van der Waals surface area (Å²) in [5.74, 6) is -0.249. The predicted octanol–water partition coefficient (Wildman–Crippen LogP) is 2.70. The Bertz CT molecular complexity index is 199. The van der Waals surface area contributed by atoms with Gasteiger partial charge in [-0.05, 0) is 26.7 Å². The second-order valence-corrected chi connectivity index (χ2v) is 3.61. The second-order valence-electron chi connectivity index (χ2n) is 3.61. The number of ether oxygens (including phenoxy) is 2. The molecule has 0 spiro atoms. The molecule has 0 aromatic rings. The molecule has 0 heterocycles. The number of rotatable bonds is 8. The van der Waals surface area contributed by atoms with Crippen LogP contribution in [0.1, 0.15) is 40.0 Å². The largest absolute Gasteiger partial charge is 0.464 e. The van der Waals surface area contributed by atoms with Gasteiger partial charge in [0.25, 0.3) is 0 Å². The molecule has 15 heavy (non-hydrogen) atoms. The molecule has 0 bridgehead atoms. The summed E-state index contributed by atoms with van der Waals surface area (Å²) in [6, 6.07) is 0. The normalized spacial score (nSPS) is 12.2. The first-order valence-electron chi connectivity index (χ1n) is 5.54. The Labute approximate surface area is 92.5 Å². The summed E-state index contributed by atoms with van der Waals surface area (Å²) in [6.07, 6.45) is 2.01. The van der Waals surface area contributed by atoms with E-state index in [1.807, 2.05) is 13.8 Å². The van der Waals surface area contributed by atoms with Gasteiger partial charge >= 0.3 is 5.97 Å². The van der Waals surface area contributed by atoms with Gasteiger partial charge in [0.15, 0.2) is 6.10 Å². The standard InChI is InChI=1S/C12H22O3/c1-5-7-11(12(13)14-6-2)15-9-8-10(3)4/h11H,3,5-9H2,1-2,4H3. The van der Waals surface area contributed by atoms with E-state index in [4.69, 9.17) is 9.47 Å². The molecule has 0 saturated heterocycles. The van der Waals surface area contributed by atoms with Crippen molar-refractivity contribution in [1.29, 1.82) is 0 Å². The van der Waals surface area contributed by atoms with Crippen LogP contribution in [0.4, 0.5) is 0 Å². The van der Waals surface area contributed by atoms with Crippen LogP contribution in [-0.2, 0) is 14.3 Å². The number of carbonyl (C=O) groups is 1. The zero-order valence-corrected chi connectivity index (χ0v) is 10.0. The van der Waals surface area contributed by atoms with Crippen LogP contribution in [-0.4, -0.2) is 25.3 Å². The minimum atomic E-state index is -0.408. The number of hydrogen-bond donors (Lipinski definition) is 0. The van der Waals surface area contributed by atoms with E-state index in [0.717, 1.165) is 24.8 Å². The topological polar surface area (TPSA) is 35.5 Å². The highest BCUT2D eigenvalue weighted by molar-refractivity contribution is 5.74. The number of hydrogen-bond acceptors (Lipinski definition) is 3. The molecular weight excluding hydrogens is 192 g/mol. The van der Waals surface area contributed by atoms with Gasteiger partial charge in [-0.2, -0.15) is 0 Å². The van der Waals surface area contributed by atoms with Crippen LogP contribution < -0.4 is 0 Å². The lowest BCUT2D eigenvalue weighted by atomic mass is 10.2. The van der Waals surface area contributed by atoms with Crippen molar-refractivity contribution < 1.29 is 14.3 Å². The summed E-state index contributed by atoms with van der Waals surface area (Å²) >= 11 is 0. The fourth-order valence-electron chi connectivity index (χ4n) is 1.14. The Morgan fingerprint density at radius 3 is 2.53 bits per heavy atom. The van der Waals surface area contributed by atoms with Gasteiger partial charge in [0.1, 0.15) is 0 Å². The molecule has 1 unspecified atom stereocenters. The summed E-state index contributed by atoms with van der Waals surface area (Å²) in [5.41, 5.74) is 1.06. The molecule has 3 heteroatoms. The lowest BCUT2D eigenvalue weighted by Gasteiger charge is -2.15. The van der Waals surface area contributed by atoms with Gasteiger partial charge in [0.05, 0.1) is 13.2 Å². The van der Waals surface area contributed by atoms with Crippen LogP contribution in [0.5, 0.6) is 0 Å². The fraction of sp³-hybridized carbons (Fsp3) is 0.750. The first kappa shape index (κ1) is 14.2. The summed E-state index contributed by atoms with van der Waals surface area (Å²) in [5, 5.41) is 0. The lowest BCUT2D eigenvalue weighted by Crippen LogP contribution is -2.27. The lowest BCUT2D eigenvalue weighted by molar-refractivity contribution is -0.157. The molecule has 0 fully saturated rings. The van der Waals surface area contributed by atoms with Gasteiger partial charge < -0.3 is 9.47 Å². The second kappa shape index (κ2) is 8.48. The Morgan fingerprint density at radius 2 is 2.07 bits per heavy atom. The minimum absolute atomic E-state index is 0.249. The molecule has 0 saturated carbocycles. The van der Waals surface area contributed by atoms with Gasteiger partial charge in [0, 0.05) is 0 Å². The maximum Gasteiger partial charge on any atom is 0.335 e. The van der Waals surface area contributed by atoms with Crippen molar-refractivity contribution in [3.05, 3.63) is 12.2 Å². The molecule has 3 nitrogen and oxygen atoms in total. The molecule has 0 amide bonds. The van der Waals surface area contributed by atoms with E-state index in [1.165, 1.54) is 0 Å². The van der Waals surface area contributed by atoms with Crippen molar-refractivity contribution in [2.75, 3.05) is 13.2 Å². The van der Waals surface area contributed by atoms with Gasteiger partial charge in [-0.3, -0.25) is 0 Å². The zero-order chi connectivity index (χ0) is 11.7. The average Bonchev–Trinajstić information content (AvgIpc) is 2.16. The summed E-state index contributed by atoms with van der Waals surface area (Å²) in [4.78, 5) is 11.4. The summed E-state index contributed by atoms with van der Waals surface area (Å²) in [7, 11) is 0. The van der Waals surface area contributed by atoms with Crippen molar-refractivity contribution >= 4 is 5.97 Å². The van der Waals surface area contributed by atoms with Crippen LogP contribution in [0.3, 0.4) is 0 Å². The SMILES string of the molecule is C=C(C)CCOC(CCC)C(=O)OCC. The van der Waals surface area contributed by atoms with Crippen molar-refractivity contribution in [2.45, 2.75) is 46.1 Å². The molecule has 0 rings (SSSR count). The smallest absolute Gasteiger partial charge is 0.335 e. The molecule has 0 aliphatic carbocycles. The minimum Gasteiger partial charge on any atom is -0.464 e. The van der Waals surface area contributed by atoms with E-state index in [0.29, 0.717) is 13.2 Å². The third kappa shape index (κ3) is 7.14. The first-order chi connectivity index (χ1) is 7.11. The van der Waals surface area contributed by atoms with Gasteiger partial charge in [-0.1, -0.05) is 18.9 Å². The Morgan fingerprint density at radius 1 is 1.40 bits per heavy atom. The number of carbonyl (C=O) groups excluding carboxylic acids is 1. The van der Waals surface area contributed by atoms with Gasteiger partial charge in [-0.25, -0.2) is 4.79 Å². The number of esters is 1. The third-order valence-electron chi connectivity index (χ3n) is 1.95. The van der Waals surface area contributed by atoms with Crippen molar-refractivity contribution in [2.24, 2.45) is 0 Å². The van der Waals surface area contributed by atoms with Crippen molar-refractivity contribution in [1.82, 2.24) is 0 Å². The van der Waals surface area contributed by atoms with E-state index >= 15 is 0 Å². The van der Waals surface area contributed by atoms with E-state index in [9.17, 15) is 4.79 Å². The van der Waals surface area contributed by atoms with Crippen LogP contribution in [0.15, 0.2) is 12.2 Å². The monoisotopic (exact) mass is 214 g/mol. The van der Waals surface area contributed by atoms with Crippen molar-refractivity contribution in [3.63, 3.8) is 0 Å². The Hall–Kier alpha value is -0.830. The molecule has 1 atom stereocenters. The highest BCUT2D eigenvalue weighted by atomic mass is 16.6. The molecular formula is C12H22O3. The fourth-order valence-corrected chi connectivity index (χ4v) is 1.14. The molecule has 0 N–H and O–H groups in total. The maximum absolute atomic E-state index is 11.4. The first-order valence-corrected chi connectivity index (χ1v) is 5.54. The quantitative estimate of drug-likeness (QED) is 0.460. The van der Waals surface area contributed by atoms with E-state index in [1.54, 1.807) is 6.92 Å². The van der Waals surface area contributed by atoms with Crippen LogP contribution in [0, 0.1) is 0 Å². The van der Waals surface area contributed by atoms with E-state index in [2.05, 4.69) is 6.58 Å². The van der Waals surface area contributed by atoms with Crippen LogP contribution in [0.25, 0.3) is 0 Å². The predicted molar refractivity (Wildman–Crippen MR) is 60.7 cm³/mol. The van der Waals surface area contributed by atoms with Crippen LogP contribution >= 0.6 is 0 Å².